The van der Waals surface area contributed by atoms with Crippen molar-refractivity contribution >= 4 is 6.29 Å². The SMILES string of the molecule is N#Cc1cc(CN2CCC(C=O)CC2)ccn1. The third-order valence-corrected chi connectivity index (χ3v) is 3.17. The summed E-state index contributed by atoms with van der Waals surface area (Å²) in [6.07, 6.45) is 4.63. The van der Waals surface area contributed by atoms with Gasteiger partial charge in [0.1, 0.15) is 18.0 Å². The van der Waals surface area contributed by atoms with Gasteiger partial charge in [0.05, 0.1) is 0 Å². The van der Waals surface area contributed by atoms with Crippen molar-refractivity contribution in [2.24, 2.45) is 5.92 Å². The van der Waals surface area contributed by atoms with Crippen LogP contribution in [0.5, 0.6) is 0 Å². The summed E-state index contributed by atoms with van der Waals surface area (Å²) in [5.74, 6) is 0.235. The fourth-order valence-corrected chi connectivity index (χ4v) is 2.14. The molecule has 0 N–H and O–H groups in total. The second kappa shape index (κ2) is 5.55. The highest BCUT2D eigenvalue weighted by molar-refractivity contribution is 5.53. The van der Waals surface area contributed by atoms with E-state index in [4.69, 9.17) is 5.26 Å². The van der Waals surface area contributed by atoms with Crippen molar-refractivity contribution in [2.45, 2.75) is 19.4 Å². The zero-order valence-corrected chi connectivity index (χ0v) is 9.67. The Morgan fingerprint density at radius 3 is 2.94 bits per heavy atom. The lowest BCUT2D eigenvalue weighted by atomic mass is 9.98. The van der Waals surface area contributed by atoms with E-state index in [1.54, 1.807) is 6.20 Å². The number of hydrogen-bond donors (Lipinski definition) is 0. The molecule has 0 radical (unpaired) electrons. The van der Waals surface area contributed by atoms with Gasteiger partial charge >= 0.3 is 0 Å². The molecule has 0 amide bonds. The third kappa shape index (κ3) is 3.11. The number of likely N-dealkylation sites (tertiary alicyclic amines) is 1. The second-order valence-corrected chi connectivity index (χ2v) is 4.41. The quantitative estimate of drug-likeness (QED) is 0.734. The number of carbonyl (C=O) groups excluding carboxylic acids is 1. The van der Waals surface area contributed by atoms with Crippen molar-refractivity contribution in [3.05, 3.63) is 29.6 Å². The summed E-state index contributed by atoms with van der Waals surface area (Å²) in [6, 6.07) is 5.81. The molecular formula is C13H15N3O. The van der Waals surface area contributed by atoms with Crippen LogP contribution >= 0.6 is 0 Å². The number of hydrogen-bond acceptors (Lipinski definition) is 4. The van der Waals surface area contributed by atoms with E-state index in [-0.39, 0.29) is 5.92 Å². The van der Waals surface area contributed by atoms with Crippen LogP contribution in [0, 0.1) is 17.2 Å². The van der Waals surface area contributed by atoms with Crippen LogP contribution in [0.3, 0.4) is 0 Å². The maximum absolute atomic E-state index is 10.6. The third-order valence-electron chi connectivity index (χ3n) is 3.17. The van der Waals surface area contributed by atoms with Crippen molar-refractivity contribution < 1.29 is 4.79 Å². The molecule has 0 aromatic carbocycles. The Bertz CT molecular complexity index is 431. The van der Waals surface area contributed by atoms with Crippen molar-refractivity contribution in [1.29, 1.82) is 5.26 Å². The molecule has 1 fully saturated rings. The van der Waals surface area contributed by atoms with Crippen LogP contribution in [-0.2, 0) is 11.3 Å². The van der Waals surface area contributed by atoms with Gasteiger partial charge in [-0.1, -0.05) is 0 Å². The normalized spacial score (nSPS) is 17.6. The second-order valence-electron chi connectivity index (χ2n) is 4.41. The van der Waals surface area contributed by atoms with Crippen molar-refractivity contribution in [2.75, 3.05) is 13.1 Å². The van der Waals surface area contributed by atoms with E-state index in [0.29, 0.717) is 5.69 Å². The number of carbonyl (C=O) groups is 1. The van der Waals surface area contributed by atoms with Crippen molar-refractivity contribution in [3.8, 4) is 6.07 Å². The van der Waals surface area contributed by atoms with E-state index in [9.17, 15) is 4.79 Å². The highest BCUT2D eigenvalue weighted by atomic mass is 16.1. The van der Waals surface area contributed by atoms with Gasteiger partial charge in [0.15, 0.2) is 0 Å². The molecule has 0 spiro atoms. The number of aldehydes is 1. The molecule has 0 aliphatic carbocycles. The van der Waals surface area contributed by atoms with E-state index >= 15 is 0 Å². The summed E-state index contributed by atoms with van der Waals surface area (Å²) in [5, 5.41) is 8.77. The summed E-state index contributed by atoms with van der Waals surface area (Å²) in [7, 11) is 0. The smallest absolute Gasteiger partial charge is 0.140 e. The van der Waals surface area contributed by atoms with Crippen LogP contribution in [0.25, 0.3) is 0 Å². The average molecular weight is 229 g/mol. The number of aromatic nitrogens is 1. The topological polar surface area (TPSA) is 57.0 Å². The molecule has 1 aliphatic heterocycles. The molecule has 1 aliphatic rings. The van der Waals surface area contributed by atoms with Gasteiger partial charge in [-0.15, -0.1) is 0 Å². The van der Waals surface area contributed by atoms with Gasteiger partial charge in [0.2, 0.25) is 0 Å². The van der Waals surface area contributed by atoms with Gasteiger partial charge in [0.25, 0.3) is 0 Å². The maximum Gasteiger partial charge on any atom is 0.140 e. The van der Waals surface area contributed by atoms with Crippen molar-refractivity contribution in [3.63, 3.8) is 0 Å². The molecule has 4 heteroatoms. The monoisotopic (exact) mass is 229 g/mol. The van der Waals surface area contributed by atoms with Gasteiger partial charge in [-0.2, -0.15) is 5.26 Å². The van der Waals surface area contributed by atoms with Gasteiger partial charge in [-0.25, -0.2) is 4.98 Å². The highest BCUT2D eigenvalue weighted by Crippen LogP contribution is 2.17. The van der Waals surface area contributed by atoms with Crippen LogP contribution in [-0.4, -0.2) is 29.3 Å². The predicted octanol–water partition coefficient (Wildman–Crippen LogP) is 1.36. The molecule has 2 heterocycles. The largest absolute Gasteiger partial charge is 0.303 e. The minimum absolute atomic E-state index is 0.235. The zero-order valence-electron chi connectivity index (χ0n) is 9.67. The van der Waals surface area contributed by atoms with Crippen molar-refractivity contribution in [1.82, 2.24) is 9.88 Å². The van der Waals surface area contributed by atoms with Gasteiger partial charge in [-0.05, 0) is 43.6 Å². The van der Waals surface area contributed by atoms with Crippen LogP contribution in [0.4, 0.5) is 0 Å². The minimum Gasteiger partial charge on any atom is -0.303 e. The van der Waals surface area contributed by atoms with E-state index in [1.807, 2.05) is 18.2 Å². The van der Waals surface area contributed by atoms with Gasteiger partial charge in [-0.3, -0.25) is 4.90 Å². The first kappa shape index (κ1) is 11.7. The minimum atomic E-state index is 0.235. The molecule has 88 valence electrons. The van der Waals surface area contributed by atoms with E-state index in [0.717, 1.165) is 44.3 Å². The Hall–Kier alpha value is -1.73. The molecular weight excluding hydrogens is 214 g/mol. The first-order chi connectivity index (χ1) is 8.31. The molecule has 1 aromatic heterocycles. The zero-order chi connectivity index (χ0) is 12.1. The number of nitrogens with zero attached hydrogens (tertiary/aromatic N) is 3. The van der Waals surface area contributed by atoms with E-state index in [1.165, 1.54) is 0 Å². The summed E-state index contributed by atoms with van der Waals surface area (Å²) in [4.78, 5) is 16.9. The lowest BCUT2D eigenvalue weighted by Gasteiger charge is -2.29. The van der Waals surface area contributed by atoms with Gasteiger partial charge in [0, 0.05) is 18.7 Å². The first-order valence-corrected chi connectivity index (χ1v) is 5.84. The Morgan fingerprint density at radius 1 is 1.53 bits per heavy atom. The maximum atomic E-state index is 10.6. The molecule has 0 saturated carbocycles. The molecule has 0 bridgehead atoms. The number of nitriles is 1. The number of rotatable bonds is 3. The van der Waals surface area contributed by atoms with Crippen LogP contribution in [0.2, 0.25) is 0 Å². The van der Waals surface area contributed by atoms with Gasteiger partial charge < -0.3 is 4.79 Å². The summed E-state index contributed by atoms with van der Waals surface area (Å²) >= 11 is 0. The number of pyridine rings is 1. The van der Waals surface area contributed by atoms with Crippen LogP contribution in [0.15, 0.2) is 18.3 Å². The van der Waals surface area contributed by atoms with E-state index in [2.05, 4.69) is 9.88 Å². The molecule has 17 heavy (non-hydrogen) atoms. The van der Waals surface area contributed by atoms with Crippen LogP contribution in [0.1, 0.15) is 24.1 Å². The summed E-state index contributed by atoms with van der Waals surface area (Å²) < 4.78 is 0. The number of piperidine rings is 1. The molecule has 1 saturated heterocycles. The molecule has 1 aromatic rings. The fourth-order valence-electron chi connectivity index (χ4n) is 2.14. The molecule has 0 unspecified atom stereocenters. The summed E-state index contributed by atoms with van der Waals surface area (Å²) in [5.41, 5.74) is 1.58. The standard InChI is InChI=1S/C13H15N3O/c14-8-13-7-12(1-4-15-13)9-16-5-2-11(10-17)3-6-16/h1,4,7,10-11H,2-3,5-6,9H2. The lowest BCUT2D eigenvalue weighted by Crippen LogP contribution is -2.33. The lowest BCUT2D eigenvalue weighted by molar-refractivity contribution is -0.112. The Kier molecular flexibility index (Phi) is 3.84. The molecule has 0 atom stereocenters. The van der Waals surface area contributed by atoms with E-state index < -0.39 is 0 Å². The first-order valence-electron chi connectivity index (χ1n) is 5.84. The van der Waals surface area contributed by atoms with Crippen LogP contribution < -0.4 is 0 Å². The average Bonchev–Trinajstić information content (AvgIpc) is 2.40. The molecule has 4 nitrogen and oxygen atoms in total. The fraction of sp³-hybridized carbons (Fsp3) is 0.462. The Labute approximate surface area is 101 Å². The Morgan fingerprint density at radius 2 is 2.29 bits per heavy atom. The Balaban J connectivity index is 1.93. The summed E-state index contributed by atoms with van der Waals surface area (Å²) in [6.45, 7) is 2.74. The predicted molar refractivity (Wildman–Crippen MR) is 63.0 cm³/mol. The molecule has 2 rings (SSSR count). The highest BCUT2D eigenvalue weighted by Gasteiger charge is 2.18.